The van der Waals surface area contributed by atoms with E-state index in [-0.39, 0.29) is 5.91 Å². The molecule has 0 spiro atoms. The van der Waals surface area contributed by atoms with Crippen LogP contribution in [0.25, 0.3) is 5.82 Å². The second-order valence-corrected chi connectivity index (χ2v) is 5.28. The maximum Gasteiger partial charge on any atom is 0.265 e. The van der Waals surface area contributed by atoms with E-state index in [1.165, 1.54) is 0 Å². The van der Waals surface area contributed by atoms with Crippen molar-refractivity contribution in [1.29, 1.82) is 0 Å². The van der Waals surface area contributed by atoms with E-state index in [4.69, 9.17) is 4.74 Å². The van der Waals surface area contributed by atoms with E-state index in [1.54, 1.807) is 23.3 Å². The van der Waals surface area contributed by atoms with Gasteiger partial charge in [-0.1, -0.05) is 18.2 Å². The number of aromatic nitrogens is 3. The number of hydrogen-bond donors (Lipinski definition) is 1. The standard InChI is InChI=1S/C17H14N4O2/c22-17(15-9-12-3-1-2-4-14(12)23-15)20-13-5-6-16(19-10-13)21-8-7-18-11-21/h1-8,10-11,15H,9H2,(H,20,22)/t15-/m1/s1. The van der Waals surface area contributed by atoms with Crippen molar-refractivity contribution < 1.29 is 9.53 Å². The number of ether oxygens (including phenoxy) is 1. The lowest BCUT2D eigenvalue weighted by atomic mass is 10.1. The van der Waals surface area contributed by atoms with Gasteiger partial charge in [0.25, 0.3) is 5.91 Å². The first kappa shape index (κ1) is 13.5. The van der Waals surface area contributed by atoms with Crippen molar-refractivity contribution in [3.63, 3.8) is 0 Å². The van der Waals surface area contributed by atoms with Gasteiger partial charge in [-0.05, 0) is 23.8 Å². The van der Waals surface area contributed by atoms with Gasteiger partial charge < -0.3 is 10.1 Å². The number of carbonyl (C=O) groups is 1. The highest BCUT2D eigenvalue weighted by atomic mass is 16.5. The molecule has 2 aromatic heterocycles. The largest absolute Gasteiger partial charge is 0.480 e. The van der Waals surface area contributed by atoms with Crippen LogP contribution in [0.5, 0.6) is 5.75 Å². The summed E-state index contributed by atoms with van der Waals surface area (Å²) in [4.78, 5) is 20.6. The first-order valence-electron chi connectivity index (χ1n) is 7.29. The minimum atomic E-state index is -0.499. The quantitative estimate of drug-likeness (QED) is 0.805. The Morgan fingerprint density at radius 1 is 1.26 bits per heavy atom. The molecule has 0 bridgehead atoms. The van der Waals surface area contributed by atoms with E-state index in [0.717, 1.165) is 17.1 Å². The van der Waals surface area contributed by atoms with Gasteiger partial charge in [-0.2, -0.15) is 0 Å². The number of fused-ring (bicyclic) bond motifs is 1. The summed E-state index contributed by atoms with van der Waals surface area (Å²) in [5, 5.41) is 2.84. The van der Waals surface area contributed by atoms with Crippen LogP contribution in [0.2, 0.25) is 0 Å². The molecular weight excluding hydrogens is 292 g/mol. The summed E-state index contributed by atoms with van der Waals surface area (Å²) < 4.78 is 7.47. The molecule has 23 heavy (non-hydrogen) atoms. The molecule has 0 fully saturated rings. The van der Waals surface area contributed by atoms with Crippen LogP contribution >= 0.6 is 0 Å². The Bertz CT molecular complexity index is 803. The van der Waals surface area contributed by atoms with Crippen molar-refractivity contribution in [2.75, 3.05) is 5.32 Å². The molecule has 4 rings (SSSR count). The van der Waals surface area contributed by atoms with Crippen molar-refractivity contribution >= 4 is 11.6 Å². The molecule has 0 saturated carbocycles. The van der Waals surface area contributed by atoms with Crippen LogP contribution in [0.1, 0.15) is 5.56 Å². The number of amides is 1. The highest BCUT2D eigenvalue weighted by Gasteiger charge is 2.28. The summed E-state index contributed by atoms with van der Waals surface area (Å²) in [6.07, 6.45) is 6.87. The molecule has 6 nitrogen and oxygen atoms in total. The maximum atomic E-state index is 12.3. The Morgan fingerprint density at radius 2 is 2.17 bits per heavy atom. The van der Waals surface area contributed by atoms with Crippen LogP contribution in [-0.2, 0) is 11.2 Å². The summed E-state index contributed by atoms with van der Waals surface area (Å²) in [6, 6.07) is 11.3. The van der Waals surface area contributed by atoms with Crippen molar-refractivity contribution in [1.82, 2.24) is 14.5 Å². The van der Waals surface area contributed by atoms with Gasteiger partial charge >= 0.3 is 0 Å². The van der Waals surface area contributed by atoms with Crippen molar-refractivity contribution in [2.24, 2.45) is 0 Å². The van der Waals surface area contributed by atoms with Gasteiger partial charge in [-0.15, -0.1) is 0 Å². The fourth-order valence-electron chi connectivity index (χ4n) is 2.56. The number of anilines is 1. The topological polar surface area (TPSA) is 69.0 Å². The number of hydrogen-bond acceptors (Lipinski definition) is 4. The lowest BCUT2D eigenvalue weighted by Gasteiger charge is -2.11. The Labute approximate surface area is 132 Å². The maximum absolute atomic E-state index is 12.3. The van der Waals surface area contributed by atoms with E-state index < -0.39 is 6.10 Å². The van der Waals surface area contributed by atoms with Gasteiger partial charge in [0.15, 0.2) is 6.10 Å². The third-order valence-electron chi connectivity index (χ3n) is 3.72. The molecule has 3 heterocycles. The van der Waals surface area contributed by atoms with E-state index in [0.29, 0.717) is 12.1 Å². The fourth-order valence-corrected chi connectivity index (χ4v) is 2.56. The smallest absolute Gasteiger partial charge is 0.265 e. The molecule has 1 atom stereocenters. The molecule has 1 amide bonds. The predicted octanol–water partition coefficient (Wildman–Crippen LogP) is 2.21. The SMILES string of the molecule is O=C(Nc1ccc(-n2ccnc2)nc1)[C@H]1Cc2ccccc2O1. The van der Waals surface area contributed by atoms with Gasteiger partial charge in [0.05, 0.1) is 11.9 Å². The third-order valence-corrected chi connectivity index (χ3v) is 3.72. The number of nitrogens with zero attached hydrogens (tertiary/aromatic N) is 3. The molecule has 1 aliphatic rings. The molecule has 0 unspecified atom stereocenters. The molecule has 114 valence electrons. The molecular formula is C17H14N4O2. The second-order valence-electron chi connectivity index (χ2n) is 5.28. The first-order chi connectivity index (χ1) is 11.3. The number of imidazole rings is 1. The highest BCUT2D eigenvalue weighted by molar-refractivity contribution is 5.95. The Kier molecular flexibility index (Phi) is 3.27. The fraction of sp³-hybridized carbons (Fsp3) is 0.118. The predicted molar refractivity (Wildman–Crippen MR) is 84.6 cm³/mol. The number of rotatable bonds is 3. The molecule has 1 aliphatic heterocycles. The van der Waals surface area contributed by atoms with Crippen LogP contribution in [0, 0.1) is 0 Å². The van der Waals surface area contributed by atoms with Crippen molar-refractivity contribution in [3.05, 3.63) is 66.9 Å². The monoisotopic (exact) mass is 306 g/mol. The normalized spacial score (nSPS) is 15.7. The summed E-state index contributed by atoms with van der Waals surface area (Å²) in [7, 11) is 0. The van der Waals surface area contributed by atoms with Crippen LogP contribution in [0.15, 0.2) is 61.3 Å². The first-order valence-corrected chi connectivity index (χ1v) is 7.29. The zero-order chi connectivity index (χ0) is 15.6. The summed E-state index contributed by atoms with van der Waals surface area (Å²) in [5.74, 6) is 1.35. The minimum absolute atomic E-state index is 0.168. The summed E-state index contributed by atoms with van der Waals surface area (Å²) in [6.45, 7) is 0. The Hall–Kier alpha value is -3.15. The average molecular weight is 306 g/mol. The number of pyridine rings is 1. The van der Waals surface area contributed by atoms with E-state index in [2.05, 4.69) is 15.3 Å². The molecule has 1 aromatic carbocycles. The van der Waals surface area contributed by atoms with Gasteiger partial charge in [0.1, 0.15) is 17.9 Å². The van der Waals surface area contributed by atoms with Crippen LogP contribution < -0.4 is 10.1 Å². The van der Waals surface area contributed by atoms with Crippen LogP contribution in [0.3, 0.4) is 0 Å². The number of carbonyl (C=O) groups excluding carboxylic acids is 1. The van der Waals surface area contributed by atoms with E-state index in [1.807, 2.05) is 42.6 Å². The number of para-hydroxylation sites is 1. The lowest BCUT2D eigenvalue weighted by Crippen LogP contribution is -2.31. The Balaban J connectivity index is 1.44. The zero-order valence-electron chi connectivity index (χ0n) is 12.2. The van der Waals surface area contributed by atoms with Crippen molar-refractivity contribution in [3.8, 4) is 11.6 Å². The molecule has 0 saturated heterocycles. The summed E-state index contributed by atoms with van der Waals surface area (Å²) in [5.41, 5.74) is 1.69. The van der Waals surface area contributed by atoms with E-state index in [9.17, 15) is 4.79 Å². The third kappa shape index (κ3) is 2.66. The van der Waals surface area contributed by atoms with Gasteiger partial charge in [-0.3, -0.25) is 9.36 Å². The zero-order valence-corrected chi connectivity index (χ0v) is 12.2. The summed E-state index contributed by atoms with van der Waals surface area (Å²) >= 11 is 0. The van der Waals surface area contributed by atoms with Gasteiger partial charge in [-0.25, -0.2) is 9.97 Å². The molecule has 0 radical (unpaired) electrons. The number of benzene rings is 1. The molecule has 0 aliphatic carbocycles. The minimum Gasteiger partial charge on any atom is -0.480 e. The average Bonchev–Trinajstić information content (AvgIpc) is 3.25. The van der Waals surface area contributed by atoms with Gasteiger partial charge in [0.2, 0.25) is 0 Å². The molecule has 6 heteroatoms. The van der Waals surface area contributed by atoms with E-state index >= 15 is 0 Å². The van der Waals surface area contributed by atoms with Crippen LogP contribution in [-0.4, -0.2) is 26.5 Å². The molecule has 3 aromatic rings. The second kappa shape index (κ2) is 5.57. The lowest BCUT2D eigenvalue weighted by molar-refractivity contribution is -0.122. The highest BCUT2D eigenvalue weighted by Crippen LogP contribution is 2.28. The number of nitrogens with one attached hydrogen (secondary N) is 1. The Morgan fingerprint density at radius 3 is 2.91 bits per heavy atom. The van der Waals surface area contributed by atoms with Crippen LogP contribution in [0.4, 0.5) is 5.69 Å². The van der Waals surface area contributed by atoms with Gasteiger partial charge in [0, 0.05) is 18.8 Å². The van der Waals surface area contributed by atoms with Crippen molar-refractivity contribution in [2.45, 2.75) is 12.5 Å². The molecule has 1 N–H and O–H groups in total.